The van der Waals surface area contributed by atoms with Crippen LogP contribution in [0.4, 0.5) is 14.9 Å². The van der Waals surface area contributed by atoms with E-state index in [9.17, 15) is 9.18 Å². The van der Waals surface area contributed by atoms with Gasteiger partial charge in [-0.1, -0.05) is 11.6 Å². The molecule has 1 N–H and O–H groups in total. The average Bonchev–Trinajstić information content (AvgIpc) is 3.01. The third-order valence-electron chi connectivity index (χ3n) is 2.82. The van der Waals surface area contributed by atoms with Gasteiger partial charge in [0.25, 0.3) is 5.24 Å². The molecule has 1 fully saturated rings. The number of halogens is 2. The fourth-order valence-electron chi connectivity index (χ4n) is 1.86. The molecule has 0 aliphatic carbocycles. The van der Waals surface area contributed by atoms with Gasteiger partial charge < -0.3 is 5.32 Å². The monoisotopic (exact) mass is 336 g/mol. The number of carbonyl (C=O) groups is 1. The van der Waals surface area contributed by atoms with Crippen LogP contribution in [0.3, 0.4) is 0 Å². The summed E-state index contributed by atoms with van der Waals surface area (Å²) < 4.78 is 14.8. The fourth-order valence-corrected chi connectivity index (χ4v) is 2.77. The largest absolute Gasteiger partial charge is 0.300 e. The molecule has 0 saturated carbocycles. The molecule has 8 heteroatoms. The Hall–Kier alpha value is -2.12. The van der Waals surface area contributed by atoms with E-state index >= 15 is 0 Å². The number of hydrogen-bond donors (Lipinski definition) is 1. The lowest BCUT2D eigenvalue weighted by atomic mass is 10.3. The number of amides is 1. The lowest BCUT2D eigenvalue weighted by molar-refractivity contribution is 0.265. The summed E-state index contributed by atoms with van der Waals surface area (Å²) in [5.41, 5.74) is 1.31. The molecule has 2 heterocycles. The molecule has 1 aliphatic heterocycles. The smallest absolute Gasteiger partial charge is 0.289 e. The summed E-state index contributed by atoms with van der Waals surface area (Å²) in [6.45, 7) is 0. The molecule has 0 unspecified atom stereocenters. The van der Waals surface area contributed by atoms with Crippen molar-refractivity contribution in [3.05, 3.63) is 51.9 Å². The van der Waals surface area contributed by atoms with Crippen LogP contribution in [0, 0.1) is 5.82 Å². The highest BCUT2D eigenvalue weighted by atomic mass is 35.5. The van der Waals surface area contributed by atoms with Gasteiger partial charge in [-0.3, -0.25) is 9.48 Å². The number of amidine groups is 1. The Kier molecular flexibility index (Phi) is 4.00. The van der Waals surface area contributed by atoms with Crippen molar-refractivity contribution in [2.24, 2.45) is 12.0 Å². The van der Waals surface area contributed by atoms with Crippen LogP contribution in [0.25, 0.3) is 6.08 Å². The van der Waals surface area contributed by atoms with E-state index in [1.165, 1.54) is 18.2 Å². The standard InChI is InChI=1S/C14H10ClFN4OS/c1-20-7-8(6-17-20)4-12-13(19-14(21)22-12)18-9-2-3-11(16)10(15)5-9/h2-7H,1H3,(H,18,19,21)/b12-4-. The van der Waals surface area contributed by atoms with E-state index in [-0.39, 0.29) is 10.3 Å². The predicted molar refractivity (Wildman–Crippen MR) is 85.8 cm³/mol. The summed E-state index contributed by atoms with van der Waals surface area (Å²) in [5.74, 6) is -0.108. The lowest BCUT2D eigenvalue weighted by Gasteiger charge is -2.00. The zero-order chi connectivity index (χ0) is 15.7. The van der Waals surface area contributed by atoms with E-state index in [2.05, 4.69) is 15.4 Å². The van der Waals surface area contributed by atoms with Crippen molar-refractivity contribution in [3.63, 3.8) is 0 Å². The van der Waals surface area contributed by atoms with Crippen LogP contribution in [0.15, 0.2) is 40.5 Å². The van der Waals surface area contributed by atoms with Gasteiger partial charge in [0.05, 0.1) is 21.8 Å². The van der Waals surface area contributed by atoms with Crippen LogP contribution in [-0.4, -0.2) is 20.9 Å². The fraction of sp³-hybridized carbons (Fsp3) is 0.0714. The highest BCUT2D eigenvalue weighted by molar-refractivity contribution is 8.18. The zero-order valence-corrected chi connectivity index (χ0v) is 13.0. The number of nitrogens with one attached hydrogen (secondary N) is 1. The molecule has 1 saturated heterocycles. The second-order valence-electron chi connectivity index (χ2n) is 4.53. The number of carbonyl (C=O) groups excluding carboxylic acids is 1. The number of hydrogen-bond acceptors (Lipinski definition) is 4. The first kappa shape index (κ1) is 14.8. The van der Waals surface area contributed by atoms with Crippen molar-refractivity contribution in [2.45, 2.75) is 0 Å². The molecule has 0 spiro atoms. The molecule has 5 nitrogen and oxygen atoms in total. The summed E-state index contributed by atoms with van der Waals surface area (Å²) >= 11 is 6.77. The average molecular weight is 337 g/mol. The summed E-state index contributed by atoms with van der Waals surface area (Å²) in [5, 5.41) is 6.48. The van der Waals surface area contributed by atoms with Crippen LogP contribution in [0.5, 0.6) is 0 Å². The Morgan fingerprint density at radius 3 is 3.00 bits per heavy atom. The van der Waals surface area contributed by atoms with Gasteiger partial charge in [0, 0.05) is 18.8 Å². The lowest BCUT2D eigenvalue weighted by Crippen LogP contribution is -2.18. The molecule has 1 aromatic heterocycles. The van der Waals surface area contributed by atoms with Crippen LogP contribution in [0.1, 0.15) is 5.56 Å². The van der Waals surface area contributed by atoms with Crippen molar-refractivity contribution in [1.29, 1.82) is 0 Å². The first-order valence-electron chi connectivity index (χ1n) is 6.24. The minimum atomic E-state index is -0.512. The Balaban J connectivity index is 1.96. The maximum Gasteiger partial charge on any atom is 0.289 e. The molecule has 112 valence electrons. The first-order chi connectivity index (χ1) is 10.5. The van der Waals surface area contributed by atoms with E-state index in [1.54, 1.807) is 17.0 Å². The van der Waals surface area contributed by atoms with Gasteiger partial charge in [-0.25, -0.2) is 9.38 Å². The second kappa shape index (κ2) is 5.94. The molecule has 1 aromatic carbocycles. The molecule has 2 aromatic rings. The van der Waals surface area contributed by atoms with Crippen molar-refractivity contribution in [2.75, 3.05) is 0 Å². The third-order valence-corrected chi connectivity index (χ3v) is 3.93. The minimum absolute atomic E-state index is 0.0170. The summed E-state index contributed by atoms with van der Waals surface area (Å²) in [7, 11) is 1.81. The van der Waals surface area contributed by atoms with Crippen LogP contribution >= 0.6 is 23.4 Å². The number of benzene rings is 1. The van der Waals surface area contributed by atoms with Crippen molar-refractivity contribution in [3.8, 4) is 0 Å². The molecule has 1 amide bonds. The molecule has 0 bridgehead atoms. The van der Waals surface area contributed by atoms with Crippen molar-refractivity contribution in [1.82, 2.24) is 15.1 Å². The van der Waals surface area contributed by atoms with Gasteiger partial charge in [-0.05, 0) is 36.0 Å². The van der Waals surface area contributed by atoms with E-state index in [0.717, 1.165) is 17.3 Å². The minimum Gasteiger partial charge on any atom is -0.300 e. The Morgan fingerprint density at radius 2 is 2.32 bits per heavy atom. The predicted octanol–water partition coefficient (Wildman–Crippen LogP) is 3.74. The SMILES string of the molecule is Cn1cc(/C=C2\SC(=O)NC2=Nc2ccc(F)c(Cl)c2)cn1. The number of aryl methyl sites for hydroxylation is 1. The van der Waals surface area contributed by atoms with Gasteiger partial charge in [0.1, 0.15) is 11.7 Å². The maximum atomic E-state index is 13.2. The van der Waals surface area contributed by atoms with E-state index in [0.29, 0.717) is 16.4 Å². The zero-order valence-electron chi connectivity index (χ0n) is 11.4. The first-order valence-corrected chi connectivity index (χ1v) is 7.44. The molecular formula is C14H10ClFN4OS. The Bertz CT molecular complexity index is 815. The van der Waals surface area contributed by atoms with Gasteiger partial charge in [0.2, 0.25) is 0 Å². The van der Waals surface area contributed by atoms with Crippen LogP contribution in [0.2, 0.25) is 5.02 Å². The molecule has 0 radical (unpaired) electrons. The molecule has 1 aliphatic rings. The van der Waals surface area contributed by atoms with Gasteiger partial charge >= 0.3 is 0 Å². The van der Waals surface area contributed by atoms with Gasteiger partial charge in [-0.2, -0.15) is 5.10 Å². The number of aromatic nitrogens is 2. The second-order valence-corrected chi connectivity index (χ2v) is 5.95. The Morgan fingerprint density at radius 1 is 1.50 bits per heavy atom. The summed E-state index contributed by atoms with van der Waals surface area (Å²) in [4.78, 5) is 16.6. The van der Waals surface area contributed by atoms with Crippen LogP contribution < -0.4 is 5.32 Å². The number of aliphatic imine (C=N–C) groups is 1. The van der Waals surface area contributed by atoms with E-state index < -0.39 is 5.82 Å². The van der Waals surface area contributed by atoms with E-state index in [4.69, 9.17) is 11.6 Å². The molecule has 0 atom stereocenters. The summed E-state index contributed by atoms with van der Waals surface area (Å²) in [6, 6.07) is 4.13. The quantitative estimate of drug-likeness (QED) is 0.908. The van der Waals surface area contributed by atoms with Gasteiger partial charge in [-0.15, -0.1) is 0 Å². The van der Waals surface area contributed by atoms with Crippen LogP contribution in [-0.2, 0) is 7.05 Å². The normalized spacial score (nSPS) is 18.2. The number of rotatable bonds is 2. The highest BCUT2D eigenvalue weighted by Gasteiger charge is 2.23. The van der Waals surface area contributed by atoms with Crippen molar-refractivity contribution >= 4 is 46.2 Å². The molecule has 22 heavy (non-hydrogen) atoms. The van der Waals surface area contributed by atoms with E-state index in [1.807, 2.05) is 13.2 Å². The van der Waals surface area contributed by atoms with Gasteiger partial charge in [0.15, 0.2) is 0 Å². The van der Waals surface area contributed by atoms with Crippen molar-refractivity contribution < 1.29 is 9.18 Å². The number of nitrogens with zero attached hydrogens (tertiary/aromatic N) is 3. The molecule has 3 rings (SSSR count). The highest BCUT2D eigenvalue weighted by Crippen LogP contribution is 2.29. The summed E-state index contributed by atoms with van der Waals surface area (Å²) in [6.07, 6.45) is 5.31. The number of thioether (sulfide) groups is 1. The maximum absolute atomic E-state index is 13.2. The third kappa shape index (κ3) is 3.20. The molecular weight excluding hydrogens is 327 g/mol. The topological polar surface area (TPSA) is 59.3 Å². The Labute approximate surface area is 134 Å².